The Morgan fingerprint density at radius 3 is 2.81 bits per heavy atom. The second kappa shape index (κ2) is 6.92. The summed E-state index contributed by atoms with van der Waals surface area (Å²) in [5.41, 5.74) is 1.86. The number of hydrogen-bond donors (Lipinski definition) is 2. The molecule has 2 rings (SSSR count). The van der Waals surface area contributed by atoms with Gasteiger partial charge in [-0.25, -0.2) is 4.79 Å². The first kappa shape index (κ1) is 15.1. The Morgan fingerprint density at radius 2 is 2.10 bits per heavy atom. The molecule has 0 saturated heterocycles. The Balaban J connectivity index is 2.30. The quantitative estimate of drug-likeness (QED) is 0.762. The number of aryl methyl sites for hydroxylation is 1. The van der Waals surface area contributed by atoms with Gasteiger partial charge in [0.2, 0.25) is 0 Å². The highest BCUT2D eigenvalue weighted by atomic mass is 16.5. The van der Waals surface area contributed by atoms with Crippen LogP contribution < -0.4 is 4.74 Å². The maximum atomic E-state index is 11.4. The van der Waals surface area contributed by atoms with Crippen molar-refractivity contribution in [1.29, 1.82) is 0 Å². The van der Waals surface area contributed by atoms with Crippen LogP contribution in [0, 0.1) is 6.92 Å². The van der Waals surface area contributed by atoms with Crippen LogP contribution in [0.1, 0.15) is 42.2 Å². The third-order valence-electron chi connectivity index (χ3n) is 3.31. The lowest BCUT2D eigenvalue weighted by Crippen LogP contribution is -2.02. The van der Waals surface area contributed by atoms with Crippen molar-refractivity contribution in [3.05, 3.63) is 35.5 Å². The highest BCUT2D eigenvalue weighted by Gasteiger charge is 2.20. The zero-order valence-corrected chi connectivity index (χ0v) is 12.3. The minimum absolute atomic E-state index is 0.194. The lowest BCUT2D eigenvalue weighted by Gasteiger charge is -2.10. The van der Waals surface area contributed by atoms with Gasteiger partial charge in [0.1, 0.15) is 17.0 Å². The van der Waals surface area contributed by atoms with E-state index in [9.17, 15) is 9.90 Å². The van der Waals surface area contributed by atoms with Gasteiger partial charge in [0.05, 0.1) is 6.61 Å². The molecule has 1 aromatic heterocycles. The second-order valence-corrected chi connectivity index (χ2v) is 4.93. The van der Waals surface area contributed by atoms with Crippen LogP contribution in [0.2, 0.25) is 0 Å². The normalized spacial score (nSPS) is 10.6. The van der Waals surface area contributed by atoms with Crippen LogP contribution in [0.3, 0.4) is 0 Å². The number of nitrogens with zero attached hydrogens (tertiary/aromatic N) is 1. The Kier molecular flexibility index (Phi) is 4.98. The molecule has 0 aliphatic heterocycles. The summed E-state index contributed by atoms with van der Waals surface area (Å²) in [5, 5.41) is 16.2. The van der Waals surface area contributed by atoms with Crippen LogP contribution in [0.25, 0.3) is 11.3 Å². The smallest absolute Gasteiger partial charge is 0.339 e. The van der Waals surface area contributed by atoms with E-state index in [1.54, 1.807) is 6.92 Å². The summed E-state index contributed by atoms with van der Waals surface area (Å²) < 4.78 is 5.79. The first-order valence-electron chi connectivity index (χ1n) is 7.15. The summed E-state index contributed by atoms with van der Waals surface area (Å²) in [7, 11) is 0. The minimum Gasteiger partial charge on any atom is -0.493 e. The van der Waals surface area contributed by atoms with E-state index in [2.05, 4.69) is 17.1 Å². The molecule has 0 aliphatic rings. The number of rotatable bonds is 7. The van der Waals surface area contributed by atoms with Crippen molar-refractivity contribution in [2.45, 2.75) is 33.1 Å². The molecule has 0 aliphatic carbocycles. The Bertz CT molecular complexity index is 620. The van der Waals surface area contributed by atoms with Crippen molar-refractivity contribution < 1.29 is 14.6 Å². The van der Waals surface area contributed by atoms with E-state index in [-0.39, 0.29) is 5.56 Å². The first-order chi connectivity index (χ1) is 10.1. The van der Waals surface area contributed by atoms with E-state index in [0.717, 1.165) is 19.3 Å². The lowest BCUT2D eigenvalue weighted by molar-refractivity contribution is 0.0697. The molecule has 5 heteroatoms. The number of ether oxygens (including phenoxy) is 1. The highest BCUT2D eigenvalue weighted by Crippen LogP contribution is 2.32. The average molecular weight is 288 g/mol. The van der Waals surface area contributed by atoms with Crippen molar-refractivity contribution in [1.82, 2.24) is 10.2 Å². The fourth-order valence-electron chi connectivity index (χ4n) is 2.21. The number of para-hydroxylation sites is 1. The summed E-state index contributed by atoms with van der Waals surface area (Å²) in [4.78, 5) is 11.4. The number of aromatic nitrogens is 2. The van der Waals surface area contributed by atoms with E-state index >= 15 is 0 Å². The minimum atomic E-state index is -0.989. The fraction of sp³-hybridized carbons (Fsp3) is 0.375. The van der Waals surface area contributed by atoms with E-state index in [4.69, 9.17) is 4.74 Å². The number of benzene rings is 1. The van der Waals surface area contributed by atoms with Gasteiger partial charge in [-0.15, -0.1) is 0 Å². The summed E-state index contributed by atoms with van der Waals surface area (Å²) in [6.07, 6.45) is 3.23. The van der Waals surface area contributed by atoms with Gasteiger partial charge < -0.3 is 9.84 Å². The topological polar surface area (TPSA) is 75.2 Å². The van der Waals surface area contributed by atoms with Crippen molar-refractivity contribution >= 4 is 5.97 Å². The predicted octanol–water partition coefficient (Wildman–Crippen LogP) is 3.65. The third kappa shape index (κ3) is 3.42. The van der Waals surface area contributed by atoms with Crippen molar-refractivity contribution in [2.75, 3.05) is 6.61 Å². The molecule has 0 atom stereocenters. The number of carbonyl (C=O) groups is 1. The molecule has 1 heterocycles. The molecule has 0 saturated carbocycles. The summed E-state index contributed by atoms with van der Waals surface area (Å²) >= 11 is 0. The van der Waals surface area contributed by atoms with Crippen LogP contribution in [0.5, 0.6) is 5.75 Å². The number of aromatic carboxylic acids is 1. The van der Waals surface area contributed by atoms with Gasteiger partial charge in [0.15, 0.2) is 0 Å². The van der Waals surface area contributed by atoms with Crippen LogP contribution in [-0.2, 0) is 0 Å². The van der Waals surface area contributed by atoms with Gasteiger partial charge in [0.25, 0.3) is 0 Å². The van der Waals surface area contributed by atoms with Crippen molar-refractivity contribution in [2.24, 2.45) is 0 Å². The Hall–Kier alpha value is -2.30. The molecule has 5 nitrogen and oxygen atoms in total. The maximum absolute atomic E-state index is 11.4. The van der Waals surface area contributed by atoms with Gasteiger partial charge in [-0.2, -0.15) is 5.10 Å². The van der Waals surface area contributed by atoms with E-state index in [1.807, 2.05) is 24.3 Å². The molecule has 0 bridgehead atoms. The number of unbranched alkanes of at least 4 members (excludes halogenated alkanes) is 2. The van der Waals surface area contributed by atoms with E-state index < -0.39 is 5.97 Å². The number of carboxylic acid groups (broad SMARTS) is 1. The molecule has 2 aromatic rings. The molecule has 0 radical (unpaired) electrons. The van der Waals surface area contributed by atoms with Gasteiger partial charge >= 0.3 is 5.97 Å². The predicted molar refractivity (Wildman–Crippen MR) is 80.7 cm³/mol. The molecule has 112 valence electrons. The van der Waals surface area contributed by atoms with Gasteiger partial charge in [-0.05, 0) is 25.5 Å². The van der Waals surface area contributed by atoms with E-state index in [0.29, 0.717) is 29.3 Å². The summed E-state index contributed by atoms with van der Waals surface area (Å²) in [5.74, 6) is -0.320. The van der Waals surface area contributed by atoms with Crippen LogP contribution in [-0.4, -0.2) is 27.9 Å². The number of nitrogens with one attached hydrogen (secondary N) is 1. The third-order valence-corrected chi connectivity index (χ3v) is 3.31. The van der Waals surface area contributed by atoms with Gasteiger partial charge in [-0.3, -0.25) is 5.10 Å². The standard InChI is InChI=1S/C16H20N2O3/c1-3-4-7-10-21-13-9-6-5-8-12(13)15-14(16(19)20)11(2)17-18-15/h5-6,8-9H,3-4,7,10H2,1-2H3,(H,17,18)(H,19,20). The molecule has 0 amide bonds. The second-order valence-electron chi connectivity index (χ2n) is 4.93. The molecular formula is C16H20N2O3. The fourth-order valence-corrected chi connectivity index (χ4v) is 2.21. The largest absolute Gasteiger partial charge is 0.493 e. The Morgan fingerprint density at radius 1 is 1.33 bits per heavy atom. The molecular weight excluding hydrogens is 268 g/mol. The molecule has 1 aromatic carbocycles. The average Bonchev–Trinajstić information content (AvgIpc) is 2.86. The SMILES string of the molecule is CCCCCOc1ccccc1-c1n[nH]c(C)c1C(=O)O. The van der Waals surface area contributed by atoms with Crippen LogP contribution in [0.15, 0.2) is 24.3 Å². The lowest BCUT2D eigenvalue weighted by atomic mass is 10.1. The Labute approximate surface area is 124 Å². The number of aromatic amines is 1. The zero-order chi connectivity index (χ0) is 15.2. The number of hydrogen-bond acceptors (Lipinski definition) is 3. The molecule has 21 heavy (non-hydrogen) atoms. The number of carboxylic acids is 1. The van der Waals surface area contributed by atoms with Crippen molar-refractivity contribution in [3.8, 4) is 17.0 Å². The zero-order valence-electron chi connectivity index (χ0n) is 12.3. The monoisotopic (exact) mass is 288 g/mol. The van der Waals surface area contributed by atoms with Crippen molar-refractivity contribution in [3.63, 3.8) is 0 Å². The molecule has 0 spiro atoms. The van der Waals surface area contributed by atoms with E-state index in [1.165, 1.54) is 0 Å². The summed E-state index contributed by atoms with van der Waals surface area (Å²) in [6, 6.07) is 7.40. The van der Waals surface area contributed by atoms with Crippen LogP contribution in [0.4, 0.5) is 0 Å². The molecule has 0 unspecified atom stereocenters. The number of H-pyrrole nitrogens is 1. The van der Waals surface area contributed by atoms with Gasteiger partial charge in [-0.1, -0.05) is 31.9 Å². The molecule has 0 fully saturated rings. The first-order valence-corrected chi connectivity index (χ1v) is 7.15. The summed E-state index contributed by atoms with van der Waals surface area (Å²) in [6.45, 7) is 4.46. The highest BCUT2D eigenvalue weighted by molar-refractivity contribution is 5.96. The maximum Gasteiger partial charge on any atom is 0.339 e. The molecule has 2 N–H and O–H groups in total. The van der Waals surface area contributed by atoms with Gasteiger partial charge in [0, 0.05) is 11.3 Å². The van der Waals surface area contributed by atoms with Crippen LogP contribution >= 0.6 is 0 Å².